The summed E-state index contributed by atoms with van der Waals surface area (Å²) in [5.41, 5.74) is 1.74. The molecule has 0 fully saturated rings. The monoisotopic (exact) mass is 262 g/mol. The van der Waals surface area contributed by atoms with E-state index in [-0.39, 0.29) is 5.97 Å². The van der Waals surface area contributed by atoms with Gasteiger partial charge in [0, 0.05) is 24.1 Å². The van der Waals surface area contributed by atoms with Gasteiger partial charge in [-0.05, 0) is 12.1 Å². The van der Waals surface area contributed by atoms with Gasteiger partial charge in [0.25, 0.3) is 0 Å². The molecule has 0 bridgehead atoms. The van der Waals surface area contributed by atoms with Crippen molar-refractivity contribution in [1.82, 2.24) is 0 Å². The second kappa shape index (κ2) is 6.96. The third-order valence-electron chi connectivity index (χ3n) is 2.51. The van der Waals surface area contributed by atoms with Crippen LogP contribution in [0.1, 0.15) is 18.1 Å². The Bertz CT molecular complexity index is 659. The predicted molar refractivity (Wildman–Crippen MR) is 79.5 cm³/mol. The van der Waals surface area contributed by atoms with Crippen molar-refractivity contribution in [3.8, 4) is 11.8 Å². The summed E-state index contributed by atoms with van der Waals surface area (Å²) in [6.45, 7) is 1.38. The summed E-state index contributed by atoms with van der Waals surface area (Å²) < 4.78 is 5.19. The maximum absolute atomic E-state index is 11.1. The third kappa shape index (κ3) is 4.15. The zero-order chi connectivity index (χ0) is 14.2. The number of carbonyl (C=O) groups is 1. The Balaban J connectivity index is 2.26. The molecule has 20 heavy (non-hydrogen) atoms. The van der Waals surface area contributed by atoms with Gasteiger partial charge in [0.15, 0.2) is 0 Å². The van der Waals surface area contributed by atoms with Crippen LogP contribution < -0.4 is 0 Å². The van der Waals surface area contributed by atoms with Gasteiger partial charge in [-0.15, -0.1) is 0 Å². The Hall–Kier alpha value is -2.79. The first-order chi connectivity index (χ1) is 9.75. The maximum atomic E-state index is 11.1. The van der Waals surface area contributed by atoms with Gasteiger partial charge in [-0.3, -0.25) is 4.79 Å². The topological polar surface area (TPSA) is 26.3 Å². The normalized spacial score (nSPS) is 10.3. The Kier molecular flexibility index (Phi) is 4.75. The molecular weight excluding hydrogens is 248 g/mol. The molecule has 0 aliphatic carbocycles. The van der Waals surface area contributed by atoms with Crippen molar-refractivity contribution in [2.75, 3.05) is 0 Å². The van der Waals surface area contributed by atoms with Gasteiger partial charge < -0.3 is 4.74 Å². The number of esters is 1. The Labute approximate surface area is 118 Å². The number of hydrogen-bond acceptors (Lipinski definition) is 2. The van der Waals surface area contributed by atoms with E-state index >= 15 is 0 Å². The fourth-order valence-corrected chi connectivity index (χ4v) is 1.64. The summed E-state index contributed by atoms with van der Waals surface area (Å²) in [4.78, 5) is 11.1. The van der Waals surface area contributed by atoms with Crippen LogP contribution in [0.4, 0.5) is 0 Å². The summed E-state index contributed by atoms with van der Waals surface area (Å²) in [5, 5.41) is 0. The van der Waals surface area contributed by atoms with Crippen molar-refractivity contribution in [3.05, 3.63) is 77.9 Å². The van der Waals surface area contributed by atoms with Crippen LogP contribution in [0.25, 0.3) is 5.76 Å². The first-order valence-corrected chi connectivity index (χ1v) is 6.26. The van der Waals surface area contributed by atoms with Crippen LogP contribution in [-0.2, 0) is 9.53 Å². The molecule has 2 aromatic rings. The minimum absolute atomic E-state index is 0.360. The van der Waals surface area contributed by atoms with E-state index in [1.165, 1.54) is 6.92 Å². The van der Waals surface area contributed by atoms with Crippen LogP contribution in [0.2, 0.25) is 0 Å². The number of rotatable bonds is 2. The molecule has 0 aliphatic rings. The van der Waals surface area contributed by atoms with Crippen LogP contribution in [0.15, 0.2) is 66.7 Å². The maximum Gasteiger partial charge on any atom is 0.308 e. The van der Waals surface area contributed by atoms with Crippen molar-refractivity contribution < 1.29 is 9.53 Å². The third-order valence-corrected chi connectivity index (χ3v) is 2.51. The number of ether oxygens (including phenoxy) is 1. The molecule has 0 spiro atoms. The van der Waals surface area contributed by atoms with E-state index in [9.17, 15) is 4.79 Å². The molecule has 98 valence electrons. The standard InChI is InChI=1S/C18H14O2/c1-15(19)20-18(17-12-6-3-7-13-17)14-8-11-16-9-4-2-5-10-16/h2-7,9-10,12-14H,1H3/b18-14-. The fraction of sp³-hybridized carbons (Fsp3) is 0.0556. The van der Waals surface area contributed by atoms with Gasteiger partial charge in [0.05, 0.1) is 0 Å². The molecule has 2 nitrogen and oxygen atoms in total. The molecule has 0 radical (unpaired) electrons. The Morgan fingerprint density at radius 1 is 1.00 bits per heavy atom. The highest BCUT2D eigenvalue weighted by molar-refractivity contribution is 5.77. The molecule has 0 unspecified atom stereocenters. The SMILES string of the molecule is CC(=O)O/C(=C\C#Cc1ccccc1)c1ccccc1. The molecule has 0 heterocycles. The van der Waals surface area contributed by atoms with Crippen LogP contribution in [0.3, 0.4) is 0 Å². The highest BCUT2D eigenvalue weighted by atomic mass is 16.5. The predicted octanol–water partition coefficient (Wildman–Crippen LogP) is 3.64. The van der Waals surface area contributed by atoms with Gasteiger partial charge in [-0.25, -0.2) is 0 Å². The second-order valence-corrected chi connectivity index (χ2v) is 4.10. The molecule has 2 aromatic carbocycles. The van der Waals surface area contributed by atoms with E-state index in [2.05, 4.69) is 11.8 Å². The van der Waals surface area contributed by atoms with Crippen molar-refractivity contribution in [2.45, 2.75) is 6.92 Å². The first-order valence-electron chi connectivity index (χ1n) is 6.26. The van der Waals surface area contributed by atoms with Crippen molar-refractivity contribution in [1.29, 1.82) is 0 Å². The van der Waals surface area contributed by atoms with Crippen LogP contribution >= 0.6 is 0 Å². The number of carbonyl (C=O) groups excluding carboxylic acids is 1. The van der Waals surface area contributed by atoms with E-state index in [0.717, 1.165) is 11.1 Å². The van der Waals surface area contributed by atoms with Crippen molar-refractivity contribution in [3.63, 3.8) is 0 Å². The average Bonchev–Trinajstić information content (AvgIpc) is 2.48. The molecular formula is C18H14O2. The van der Waals surface area contributed by atoms with E-state index in [0.29, 0.717) is 5.76 Å². The van der Waals surface area contributed by atoms with Gasteiger partial charge in [-0.1, -0.05) is 60.4 Å². The zero-order valence-electron chi connectivity index (χ0n) is 11.2. The largest absolute Gasteiger partial charge is 0.425 e. The Morgan fingerprint density at radius 2 is 1.60 bits per heavy atom. The quantitative estimate of drug-likeness (QED) is 0.469. The smallest absolute Gasteiger partial charge is 0.308 e. The van der Waals surface area contributed by atoms with Gasteiger partial charge >= 0.3 is 5.97 Å². The van der Waals surface area contributed by atoms with E-state index in [1.807, 2.05) is 60.7 Å². The summed E-state index contributed by atoms with van der Waals surface area (Å²) >= 11 is 0. The minimum atomic E-state index is -0.360. The Morgan fingerprint density at radius 3 is 2.20 bits per heavy atom. The van der Waals surface area contributed by atoms with Crippen molar-refractivity contribution in [2.24, 2.45) is 0 Å². The van der Waals surface area contributed by atoms with Crippen LogP contribution in [-0.4, -0.2) is 5.97 Å². The van der Waals surface area contributed by atoms with E-state index in [4.69, 9.17) is 4.74 Å². The lowest BCUT2D eigenvalue weighted by Gasteiger charge is -2.05. The lowest BCUT2D eigenvalue weighted by atomic mass is 10.1. The van der Waals surface area contributed by atoms with Gasteiger partial charge in [-0.2, -0.15) is 0 Å². The fourth-order valence-electron chi connectivity index (χ4n) is 1.64. The van der Waals surface area contributed by atoms with Gasteiger partial charge in [0.2, 0.25) is 0 Å². The number of hydrogen-bond donors (Lipinski definition) is 0. The molecule has 0 saturated carbocycles. The van der Waals surface area contributed by atoms with Crippen molar-refractivity contribution >= 4 is 11.7 Å². The lowest BCUT2D eigenvalue weighted by molar-refractivity contribution is -0.134. The van der Waals surface area contributed by atoms with E-state index < -0.39 is 0 Å². The summed E-state index contributed by atoms with van der Waals surface area (Å²) in [7, 11) is 0. The molecule has 2 heteroatoms. The molecule has 2 rings (SSSR count). The van der Waals surface area contributed by atoms with Gasteiger partial charge in [0.1, 0.15) is 5.76 Å². The lowest BCUT2D eigenvalue weighted by Crippen LogP contribution is -1.98. The number of benzene rings is 2. The molecule has 0 aromatic heterocycles. The minimum Gasteiger partial charge on any atom is -0.425 e. The zero-order valence-corrected chi connectivity index (χ0v) is 11.2. The molecule has 0 aliphatic heterocycles. The summed E-state index contributed by atoms with van der Waals surface area (Å²) in [6, 6.07) is 19.1. The highest BCUT2D eigenvalue weighted by Crippen LogP contribution is 2.15. The first kappa shape index (κ1) is 13.6. The highest BCUT2D eigenvalue weighted by Gasteiger charge is 2.03. The molecule has 0 saturated heterocycles. The van der Waals surface area contributed by atoms with E-state index in [1.54, 1.807) is 6.08 Å². The van der Waals surface area contributed by atoms with Crippen LogP contribution in [0, 0.1) is 11.8 Å². The number of allylic oxidation sites excluding steroid dienone is 1. The second-order valence-electron chi connectivity index (χ2n) is 4.10. The average molecular weight is 262 g/mol. The molecule has 0 N–H and O–H groups in total. The molecule has 0 amide bonds. The van der Waals surface area contributed by atoms with Crippen LogP contribution in [0.5, 0.6) is 0 Å². The molecule has 0 atom stereocenters. The summed E-state index contributed by atoms with van der Waals surface area (Å²) in [5.74, 6) is 6.02. The summed E-state index contributed by atoms with van der Waals surface area (Å²) in [6.07, 6.45) is 1.61.